The normalized spacial score (nSPS) is 11.8. The van der Waals surface area contributed by atoms with E-state index in [4.69, 9.17) is 4.74 Å². The van der Waals surface area contributed by atoms with Gasteiger partial charge in [-0.1, -0.05) is 0 Å². The highest BCUT2D eigenvalue weighted by Crippen LogP contribution is 2.17. The van der Waals surface area contributed by atoms with Gasteiger partial charge in [0.15, 0.2) is 0 Å². The highest BCUT2D eigenvalue weighted by molar-refractivity contribution is 7.89. The zero-order valence-corrected chi connectivity index (χ0v) is 14.5. The van der Waals surface area contributed by atoms with E-state index in [9.17, 15) is 8.42 Å². The molecule has 5 nitrogen and oxygen atoms in total. The molecule has 0 atom stereocenters. The van der Waals surface area contributed by atoms with Crippen LogP contribution >= 0.6 is 11.3 Å². The van der Waals surface area contributed by atoms with Gasteiger partial charge in [0.05, 0.1) is 16.0 Å². The van der Waals surface area contributed by atoms with Crippen LogP contribution in [0.5, 0.6) is 5.75 Å². The zero-order chi connectivity index (χ0) is 16.2. The van der Waals surface area contributed by atoms with E-state index in [-0.39, 0.29) is 11.0 Å². The minimum Gasteiger partial charge on any atom is -0.491 e. The van der Waals surface area contributed by atoms with Crippen LogP contribution in [0.15, 0.2) is 35.4 Å². The van der Waals surface area contributed by atoms with Gasteiger partial charge in [0.25, 0.3) is 0 Å². The second-order valence-electron chi connectivity index (χ2n) is 5.15. The highest BCUT2D eigenvalue weighted by Gasteiger charge is 2.14. The summed E-state index contributed by atoms with van der Waals surface area (Å²) >= 11 is 1.58. The number of thiazole rings is 1. The third kappa shape index (κ3) is 4.79. The van der Waals surface area contributed by atoms with Crippen LogP contribution in [0.25, 0.3) is 0 Å². The molecule has 0 fully saturated rings. The number of aryl methyl sites for hydroxylation is 1. The van der Waals surface area contributed by atoms with Crippen LogP contribution in [0.1, 0.15) is 23.7 Å². The van der Waals surface area contributed by atoms with Crippen LogP contribution in [0, 0.1) is 6.92 Å². The molecule has 0 saturated heterocycles. The standard InChI is InChI=1S/C15H20N2O3S2/c1-11(2)20-13-4-6-14(7-5-13)22(18,19)17-9-8-15-16-10-12(3)21-15/h4-7,10-11,17H,8-9H2,1-3H3. The van der Waals surface area contributed by atoms with E-state index in [1.54, 1.807) is 41.8 Å². The first-order chi connectivity index (χ1) is 10.4. The quantitative estimate of drug-likeness (QED) is 0.841. The Hall–Kier alpha value is -1.44. The summed E-state index contributed by atoms with van der Waals surface area (Å²) in [6.07, 6.45) is 2.44. The Morgan fingerprint density at radius 1 is 1.27 bits per heavy atom. The van der Waals surface area contributed by atoms with Crippen LogP contribution in [0.3, 0.4) is 0 Å². The first-order valence-corrected chi connectivity index (χ1v) is 9.34. The summed E-state index contributed by atoms with van der Waals surface area (Å²) < 4.78 is 32.5. The molecule has 0 aliphatic carbocycles. The third-order valence-electron chi connectivity index (χ3n) is 2.81. The Bertz CT molecular complexity index is 707. The van der Waals surface area contributed by atoms with E-state index in [2.05, 4.69) is 9.71 Å². The summed E-state index contributed by atoms with van der Waals surface area (Å²) in [5.74, 6) is 0.659. The van der Waals surface area contributed by atoms with Gasteiger partial charge < -0.3 is 4.74 Å². The second kappa shape index (κ2) is 7.21. The van der Waals surface area contributed by atoms with Crippen molar-refractivity contribution in [1.82, 2.24) is 9.71 Å². The fourth-order valence-electron chi connectivity index (χ4n) is 1.86. The predicted molar refractivity (Wildman–Crippen MR) is 87.9 cm³/mol. The lowest BCUT2D eigenvalue weighted by Gasteiger charge is -2.10. The van der Waals surface area contributed by atoms with Crippen LogP contribution in [-0.2, 0) is 16.4 Å². The van der Waals surface area contributed by atoms with Crippen molar-refractivity contribution < 1.29 is 13.2 Å². The fourth-order valence-corrected chi connectivity index (χ4v) is 3.68. The molecule has 0 spiro atoms. The first kappa shape index (κ1) is 16.9. The van der Waals surface area contributed by atoms with Crippen LogP contribution in [-0.4, -0.2) is 26.1 Å². The lowest BCUT2D eigenvalue weighted by atomic mass is 10.3. The number of benzene rings is 1. The monoisotopic (exact) mass is 340 g/mol. The maximum absolute atomic E-state index is 12.2. The molecule has 2 rings (SSSR count). The average molecular weight is 340 g/mol. The minimum absolute atomic E-state index is 0.0577. The minimum atomic E-state index is -3.50. The van der Waals surface area contributed by atoms with E-state index >= 15 is 0 Å². The Kier molecular flexibility index (Phi) is 5.55. The van der Waals surface area contributed by atoms with E-state index < -0.39 is 10.0 Å². The number of sulfonamides is 1. The van der Waals surface area contributed by atoms with Gasteiger partial charge >= 0.3 is 0 Å². The van der Waals surface area contributed by atoms with Crippen LogP contribution in [0.2, 0.25) is 0 Å². The van der Waals surface area contributed by atoms with Gasteiger partial charge in [0.2, 0.25) is 10.0 Å². The molecule has 0 amide bonds. The zero-order valence-electron chi connectivity index (χ0n) is 12.9. The van der Waals surface area contributed by atoms with Crippen molar-refractivity contribution in [2.75, 3.05) is 6.54 Å². The Labute approximate surface area is 135 Å². The molecule has 120 valence electrons. The molecule has 0 aliphatic rings. The van der Waals surface area contributed by atoms with Gasteiger partial charge in [-0.15, -0.1) is 11.3 Å². The molecule has 2 aromatic rings. The van der Waals surface area contributed by atoms with Crippen LogP contribution < -0.4 is 9.46 Å². The molecule has 1 aromatic heterocycles. The molecular formula is C15H20N2O3S2. The van der Waals surface area contributed by atoms with E-state index in [1.807, 2.05) is 20.8 Å². The maximum atomic E-state index is 12.2. The van der Waals surface area contributed by atoms with E-state index in [0.717, 1.165) is 9.88 Å². The Morgan fingerprint density at radius 2 is 1.95 bits per heavy atom. The largest absolute Gasteiger partial charge is 0.491 e. The van der Waals surface area contributed by atoms with Gasteiger partial charge in [0.1, 0.15) is 5.75 Å². The third-order valence-corrected chi connectivity index (χ3v) is 5.26. The number of nitrogens with zero attached hydrogens (tertiary/aromatic N) is 1. The van der Waals surface area contributed by atoms with Crippen molar-refractivity contribution in [3.8, 4) is 5.75 Å². The summed E-state index contributed by atoms with van der Waals surface area (Å²) in [5.41, 5.74) is 0. The molecule has 1 N–H and O–H groups in total. The van der Waals surface area contributed by atoms with Gasteiger partial charge in [-0.05, 0) is 45.0 Å². The summed E-state index contributed by atoms with van der Waals surface area (Å²) in [7, 11) is -3.50. The van der Waals surface area contributed by atoms with E-state index in [1.165, 1.54) is 0 Å². The SMILES string of the molecule is Cc1cnc(CCNS(=O)(=O)c2ccc(OC(C)C)cc2)s1. The fraction of sp³-hybridized carbons (Fsp3) is 0.400. The van der Waals surface area contributed by atoms with Crippen molar-refractivity contribution in [2.24, 2.45) is 0 Å². The van der Waals surface area contributed by atoms with Gasteiger partial charge in [0, 0.05) is 24.0 Å². The molecule has 0 aliphatic heterocycles. The highest BCUT2D eigenvalue weighted by atomic mass is 32.2. The molecule has 1 aromatic carbocycles. The molecular weight excluding hydrogens is 320 g/mol. The molecule has 0 radical (unpaired) electrons. The average Bonchev–Trinajstić information content (AvgIpc) is 2.84. The van der Waals surface area contributed by atoms with Gasteiger partial charge in [-0.2, -0.15) is 0 Å². The smallest absolute Gasteiger partial charge is 0.240 e. The Morgan fingerprint density at radius 3 is 2.50 bits per heavy atom. The number of hydrogen-bond acceptors (Lipinski definition) is 5. The lowest BCUT2D eigenvalue weighted by Crippen LogP contribution is -2.25. The summed E-state index contributed by atoms with van der Waals surface area (Å²) in [6.45, 7) is 6.16. The second-order valence-corrected chi connectivity index (χ2v) is 8.24. The molecule has 0 bridgehead atoms. The van der Waals surface area contributed by atoms with Crippen molar-refractivity contribution in [1.29, 1.82) is 0 Å². The lowest BCUT2D eigenvalue weighted by molar-refractivity contribution is 0.242. The maximum Gasteiger partial charge on any atom is 0.240 e. The van der Waals surface area contributed by atoms with Crippen molar-refractivity contribution in [2.45, 2.75) is 38.2 Å². The number of rotatable bonds is 7. The van der Waals surface area contributed by atoms with E-state index in [0.29, 0.717) is 18.7 Å². The molecule has 7 heteroatoms. The van der Waals surface area contributed by atoms with Gasteiger partial charge in [-0.3, -0.25) is 0 Å². The molecule has 0 unspecified atom stereocenters. The Balaban J connectivity index is 1.94. The number of hydrogen-bond donors (Lipinski definition) is 1. The summed E-state index contributed by atoms with van der Waals surface area (Å²) in [5, 5.41) is 0.931. The number of ether oxygens (including phenoxy) is 1. The van der Waals surface area contributed by atoms with Crippen molar-refractivity contribution in [3.63, 3.8) is 0 Å². The number of aromatic nitrogens is 1. The molecule has 0 saturated carbocycles. The predicted octanol–water partition coefficient (Wildman–Crippen LogP) is 2.76. The van der Waals surface area contributed by atoms with Gasteiger partial charge in [-0.25, -0.2) is 18.1 Å². The van der Waals surface area contributed by atoms with Crippen molar-refractivity contribution >= 4 is 21.4 Å². The summed E-state index contributed by atoms with van der Waals surface area (Å²) in [6, 6.07) is 6.43. The number of nitrogens with one attached hydrogen (secondary N) is 1. The topological polar surface area (TPSA) is 68.3 Å². The summed E-state index contributed by atoms with van der Waals surface area (Å²) in [4.78, 5) is 5.57. The molecule has 22 heavy (non-hydrogen) atoms. The van der Waals surface area contributed by atoms with Crippen molar-refractivity contribution in [3.05, 3.63) is 40.3 Å². The van der Waals surface area contributed by atoms with Crippen LogP contribution in [0.4, 0.5) is 0 Å². The molecule has 1 heterocycles. The first-order valence-electron chi connectivity index (χ1n) is 7.04.